The maximum atomic E-state index is 12.3. The number of nitrogens with zero attached hydrogens (tertiary/aromatic N) is 4. The Morgan fingerprint density at radius 3 is 2.68 bits per heavy atom. The standard InChI is InChI=1S/C23H17Cl2N5O3S/c24-17-8-5-15(6-9-17)13-29-20-4-2-1-3-19(20)27-23(29)34-14-22(31)28-26-12-16-7-10-18(25)21(11-16)30(32)33/h1-12H,13-14H2,(H,28,31)/b26-12-. The minimum atomic E-state index is -0.578. The number of imidazole rings is 1. The normalized spacial score (nSPS) is 11.2. The van der Waals surface area contributed by atoms with Crippen molar-refractivity contribution in [2.75, 3.05) is 5.75 Å². The fourth-order valence-corrected chi connectivity index (χ4v) is 4.30. The summed E-state index contributed by atoms with van der Waals surface area (Å²) in [5.74, 6) is -0.253. The lowest BCUT2D eigenvalue weighted by atomic mass is 10.2. The Morgan fingerprint density at radius 2 is 1.91 bits per heavy atom. The molecule has 1 amide bonds. The number of hydrogen-bond donors (Lipinski definition) is 1. The molecule has 0 spiro atoms. The van der Waals surface area contributed by atoms with Crippen molar-refractivity contribution < 1.29 is 9.72 Å². The average molecular weight is 514 g/mol. The van der Waals surface area contributed by atoms with Gasteiger partial charge in [-0.05, 0) is 35.9 Å². The molecule has 0 saturated carbocycles. The van der Waals surface area contributed by atoms with Gasteiger partial charge in [0, 0.05) is 16.7 Å². The van der Waals surface area contributed by atoms with Crippen molar-refractivity contribution in [1.82, 2.24) is 15.0 Å². The third kappa shape index (κ3) is 5.74. The van der Waals surface area contributed by atoms with E-state index in [4.69, 9.17) is 23.2 Å². The fourth-order valence-electron chi connectivity index (χ4n) is 3.18. The molecular formula is C23H17Cl2N5O3S. The molecule has 0 unspecified atom stereocenters. The van der Waals surface area contributed by atoms with Crippen molar-refractivity contribution >= 4 is 63.8 Å². The number of carbonyl (C=O) groups is 1. The second-order valence-electron chi connectivity index (χ2n) is 7.15. The summed E-state index contributed by atoms with van der Waals surface area (Å²) < 4.78 is 2.05. The van der Waals surface area contributed by atoms with E-state index >= 15 is 0 Å². The van der Waals surface area contributed by atoms with E-state index in [1.165, 1.54) is 30.1 Å². The number of rotatable bonds is 8. The van der Waals surface area contributed by atoms with Gasteiger partial charge in [-0.3, -0.25) is 14.9 Å². The van der Waals surface area contributed by atoms with Crippen molar-refractivity contribution in [3.05, 3.63) is 98.0 Å². The number of hydrogen-bond acceptors (Lipinski definition) is 6. The number of fused-ring (bicyclic) bond motifs is 1. The van der Waals surface area contributed by atoms with Crippen LogP contribution in [0.2, 0.25) is 10.0 Å². The van der Waals surface area contributed by atoms with E-state index in [9.17, 15) is 14.9 Å². The molecule has 0 bridgehead atoms. The van der Waals surface area contributed by atoms with E-state index in [1.54, 1.807) is 6.07 Å². The summed E-state index contributed by atoms with van der Waals surface area (Å²) in [6, 6.07) is 19.6. The van der Waals surface area contributed by atoms with Crippen LogP contribution in [0.3, 0.4) is 0 Å². The molecule has 1 N–H and O–H groups in total. The molecule has 0 aliphatic rings. The molecule has 3 aromatic carbocycles. The Hall–Kier alpha value is -3.40. The van der Waals surface area contributed by atoms with Gasteiger partial charge in [-0.15, -0.1) is 0 Å². The van der Waals surface area contributed by atoms with E-state index in [1.807, 2.05) is 53.1 Å². The summed E-state index contributed by atoms with van der Waals surface area (Å²) in [7, 11) is 0. The van der Waals surface area contributed by atoms with Crippen molar-refractivity contribution in [2.24, 2.45) is 5.10 Å². The summed E-state index contributed by atoms with van der Waals surface area (Å²) >= 11 is 13.1. The number of nitro benzene ring substituents is 1. The number of nitro groups is 1. The average Bonchev–Trinajstić information content (AvgIpc) is 3.17. The number of amides is 1. The molecule has 0 fully saturated rings. The molecule has 1 aromatic heterocycles. The molecule has 0 atom stereocenters. The number of thioether (sulfide) groups is 1. The smallest absolute Gasteiger partial charge is 0.288 e. The topological polar surface area (TPSA) is 102 Å². The first-order chi connectivity index (χ1) is 16.4. The largest absolute Gasteiger partial charge is 0.314 e. The first-order valence-electron chi connectivity index (χ1n) is 9.99. The van der Waals surface area contributed by atoms with Crippen molar-refractivity contribution in [3.63, 3.8) is 0 Å². The Kier molecular flexibility index (Phi) is 7.46. The lowest BCUT2D eigenvalue weighted by molar-refractivity contribution is -0.384. The zero-order chi connectivity index (χ0) is 24.1. The highest BCUT2D eigenvalue weighted by Crippen LogP contribution is 2.26. The van der Waals surface area contributed by atoms with Gasteiger partial charge in [-0.2, -0.15) is 5.10 Å². The minimum Gasteiger partial charge on any atom is -0.314 e. The van der Waals surface area contributed by atoms with E-state index in [-0.39, 0.29) is 22.4 Å². The molecule has 8 nitrogen and oxygen atoms in total. The zero-order valence-electron chi connectivity index (χ0n) is 17.5. The van der Waals surface area contributed by atoms with Crippen LogP contribution in [0.25, 0.3) is 11.0 Å². The van der Waals surface area contributed by atoms with E-state index in [0.29, 0.717) is 22.3 Å². The molecule has 11 heteroatoms. The molecule has 0 saturated heterocycles. The Labute approximate surface area is 208 Å². The molecule has 0 aliphatic carbocycles. The zero-order valence-corrected chi connectivity index (χ0v) is 19.8. The van der Waals surface area contributed by atoms with Crippen LogP contribution in [0.5, 0.6) is 0 Å². The highest BCUT2D eigenvalue weighted by Gasteiger charge is 2.14. The number of hydrazone groups is 1. The predicted molar refractivity (Wildman–Crippen MR) is 135 cm³/mol. The van der Waals surface area contributed by atoms with E-state index < -0.39 is 4.92 Å². The van der Waals surface area contributed by atoms with Crippen LogP contribution in [-0.4, -0.2) is 32.3 Å². The third-order valence-electron chi connectivity index (χ3n) is 4.78. The molecule has 4 rings (SSSR count). The molecule has 34 heavy (non-hydrogen) atoms. The van der Waals surface area contributed by atoms with Crippen molar-refractivity contribution in [1.29, 1.82) is 0 Å². The molecule has 172 valence electrons. The monoisotopic (exact) mass is 513 g/mol. The van der Waals surface area contributed by atoms with Gasteiger partial charge in [0.25, 0.3) is 11.6 Å². The molecule has 0 aliphatic heterocycles. The highest BCUT2D eigenvalue weighted by molar-refractivity contribution is 7.99. The van der Waals surface area contributed by atoms with Crippen LogP contribution in [0.4, 0.5) is 5.69 Å². The number of nitrogens with one attached hydrogen (secondary N) is 1. The number of halogens is 2. The van der Waals surface area contributed by atoms with Crippen LogP contribution in [0.15, 0.2) is 77.0 Å². The number of aromatic nitrogens is 2. The quantitative estimate of drug-likeness (QED) is 0.144. The van der Waals surface area contributed by atoms with Gasteiger partial charge in [0.05, 0.1) is 34.5 Å². The molecule has 1 heterocycles. The van der Waals surface area contributed by atoms with Gasteiger partial charge in [-0.1, -0.05) is 65.3 Å². The summed E-state index contributed by atoms with van der Waals surface area (Å²) in [5.41, 5.74) is 5.49. The lowest BCUT2D eigenvalue weighted by Gasteiger charge is -2.09. The molecular weight excluding hydrogens is 497 g/mol. The fraction of sp³-hybridized carbons (Fsp3) is 0.0870. The van der Waals surface area contributed by atoms with Gasteiger partial charge >= 0.3 is 0 Å². The molecule has 4 aromatic rings. The highest BCUT2D eigenvalue weighted by atomic mass is 35.5. The van der Waals surface area contributed by atoms with Crippen LogP contribution in [-0.2, 0) is 11.3 Å². The minimum absolute atomic E-state index is 0.0316. The maximum Gasteiger partial charge on any atom is 0.288 e. The first-order valence-corrected chi connectivity index (χ1v) is 11.7. The first kappa shape index (κ1) is 23.7. The number of benzene rings is 3. The summed E-state index contributed by atoms with van der Waals surface area (Å²) in [4.78, 5) is 27.4. The van der Waals surface area contributed by atoms with Gasteiger partial charge in [-0.25, -0.2) is 10.4 Å². The van der Waals surface area contributed by atoms with Crippen LogP contribution < -0.4 is 5.43 Å². The van der Waals surface area contributed by atoms with Gasteiger partial charge in [0.15, 0.2) is 5.16 Å². The summed E-state index contributed by atoms with van der Waals surface area (Å²) in [6.07, 6.45) is 1.32. The van der Waals surface area contributed by atoms with Crippen LogP contribution in [0, 0.1) is 10.1 Å². The number of carbonyl (C=O) groups excluding carboxylic acids is 1. The Bertz CT molecular complexity index is 1390. The van der Waals surface area contributed by atoms with Gasteiger partial charge in [0.1, 0.15) is 5.02 Å². The Morgan fingerprint density at radius 1 is 1.15 bits per heavy atom. The summed E-state index contributed by atoms with van der Waals surface area (Å²) in [5, 5.41) is 16.3. The van der Waals surface area contributed by atoms with Crippen LogP contribution in [0.1, 0.15) is 11.1 Å². The SMILES string of the molecule is O=C(CSc1nc2ccccc2n1Cc1ccc(Cl)cc1)N/N=C\c1ccc(Cl)c([N+](=O)[O-])c1. The Balaban J connectivity index is 1.43. The second kappa shape index (κ2) is 10.7. The van der Waals surface area contributed by atoms with E-state index in [0.717, 1.165) is 16.6 Å². The lowest BCUT2D eigenvalue weighted by Crippen LogP contribution is -2.20. The van der Waals surface area contributed by atoms with E-state index in [2.05, 4.69) is 15.5 Å². The predicted octanol–water partition coefficient (Wildman–Crippen LogP) is 5.54. The van der Waals surface area contributed by atoms with Crippen LogP contribution >= 0.6 is 35.0 Å². The maximum absolute atomic E-state index is 12.3. The molecule has 0 radical (unpaired) electrons. The number of para-hydroxylation sites is 2. The summed E-state index contributed by atoms with van der Waals surface area (Å²) in [6.45, 7) is 0.579. The van der Waals surface area contributed by atoms with Gasteiger partial charge in [0.2, 0.25) is 0 Å². The van der Waals surface area contributed by atoms with Crippen molar-refractivity contribution in [2.45, 2.75) is 11.7 Å². The second-order valence-corrected chi connectivity index (χ2v) is 8.93. The van der Waals surface area contributed by atoms with Gasteiger partial charge < -0.3 is 4.57 Å². The van der Waals surface area contributed by atoms with Crippen molar-refractivity contribution in [3.8, 4) is 0 Å². The third-order valence-corrected chi connectivity index (χ3v) is 6.32.